The second kappa shape index (κ2) is 7.09. The lowest BCUT2D eigenvalue weighted by molar-refractivity contribution is -0.107. The van der Waals surface area contributed by atoms with Gasteiger partial charge in [0, 0.05) is 11.6 Å². The number of phenolic OH excluding ortho intramolecular Hbond substituents is 1. The zero-order chi connectivity index (χ0) is 17.8. The zero-order valence-electron chi connectivity index (χ0n) is 14.0. The molecule has 0 aliphatic carbocycles. The molecule has 0 aliphatic rings. The molecule has 0 atom stereocenters. The summed E-state index contributed by atoms with van der Waals surface area (Å²) in [7, 11) is 3.12. The molecule has 0 aliphatic heterocycles. The van der Waals surface area contributed by atoms with Crippen molar-refractivity contribution in [3.05, 3.63) is 54.2 Å². The van der Waals surface area contributed by atoms with E-state index in [4.69, 9.17) is 9.47 Å². The van der Waals surface area contributed by atoms with Gasteiger partial charge in [-0.2, -0.15) is 0 Å². The number of anilines is 1. The van der Waals surface area contributed by atoms with Gasteiger partial charge >= 0.3 is 0 Å². The van der Waals surface area contributed by atoms with Gasteiger partial charge in [-0.05, 0) is 29.8 Å². The van der Waals surface area contributed by atoms with Crippen LogP contribution in [0.2, 0.25) is 0 Å². The van der Waals surface area contributed by atoms with Gasteiger partial charge in [0.1, 0.15) is 5.52 Å². The molecule has 25 heavy (non-hydrogen) atoms. The third-order valence-corrected chi connectivity index (χ3v) is 3.96. The molecule has 0 bridgehead atoms. The third kappa shape index (κ3) is 3.19. The van der Waals surface area contributed by atoms with Crippen LogP contribution in [-0.2, 0) is 11.3 Å². The Hall–Kier alpha value is -3.28. The van der Waals surface area contributed by atoms with Crippen LogP contribution in [0, 0.1) is 0 Å². The molecule has 1 aromatic heterocycles. The van der Waals surface area contributed by atoms with E-state index < -0.39 is 0 Å². The maximum atomic E-state index is 11.6. The number of phenols is 1. The molecule has 6 heteroatoms. The van der Waals surface area contributed by atoms with Gasteiger partial charge in [0.2, 0.25) is 6.41 Å². The van der Waals surface area contributed by atoms with Gasteiger partial charge < -0.3 is 19.5 Å². The van der Waals surface area contributed by atoms with Crippen LogP contribution in [0.1, 0.15) is 5.56 Å². The summed E-state index contributed by atoms with van der Waals surface area (Å²) in [5.74, 6) is 1.17. The number of pyridine rings is 1. The Bertz CT molecular complexity index is 911. The van der Waals surface area contributed by atoms with E-state index in [9.17, 15) is 9.90 Å². The van der Waals surface area contributed by atoms with Crippen LogP contribution in [0.5, 0.6) is 17.2 Å². The van der Waals surface area contributed by atoms with Crippen molar-refractivity contribution < 1.29 is 19.4 Å². The Labute approximate surface area is 145 Å². The van der Waals surface area contributed by atoms with Crippen molar-refractivity contribution in [1.29, 1.82) is 0 Å². The topological polar surface area (TPSA) is 71.9 Å². The van der Waals surface area contributed by atoms with Crippen molar-refractivity contribution in [2.24, 2.45) is 0 Å². The molecule has 0 saturated heterocycles. The lowest BCUT2D eigenvalue weighted by atomic mass is 10.1. The van der Waals surface area contributed by atoms with E-state index in [1.54, 1.807) is 44.7 Å². The second-order valence-corrected chi connectivity index (χ2v) is 5.43. The molecule has 0 saturated carbocycles. The quantitative estimate of drug-likeness (QED) is 0.699. The van der Waals surface area contributed by atoms with Gasteiger partial charge in [0.25, 0.3) is 0 Å². The average Bonchev–Trinajstić information content (AvgIpc) is 2.66. The number of aromatic nitrogens is 1. The van der Waals surface area contributed by atoms with E-state index in [-0.39, 0.29) is 12.3 Å². The van der Waals surface area contributed by atoms with Gasteiger partial charge in [-0.1, -0.05) is 18.2 Å². The fourth-order valence-corrected chi connectivity index (χ4v) is 2.71. The number of nitrogens with zero attached hydrogens (tertiary/aromatic N) is 2. The smallest absolute Gasteiger partial charge is 0.214 e. The first-order valence-corrected chi connectivity index (χ1v) is 7.67. The highest BCUT2D eigenvalue weighted by atomic mass is 16.5. The minimum absolute atomic E-state index is 0.0225. The van der Waals surface area contributed by atoms with Crippen molar-refractivity contribution in [1.82, 2.24) is 4.98 Å². The number of hydrogen-bond donors (Lipinski definition) is 1. The van der Waals surface area contributed by atoms with Gasteiger partial charge in [0.05, 0.1) is 26.5 Å². The molecule has 0 unspecified atom stereocenters. The van der Waals surface area contributed by atoms with E-state index >= 15 is 0 Å². The van der Waals surface area contributed by atoms with Gasteiger partial charge in [-0.3, -0.25) is 9.78 Å². The minimum atomic E-state index is -0.0225. The number of methoxy groups -OCH3 is 2. The standard InChI is InChI=1S/C19H18N2O4/c1-24-16-8-5-13(10-17(16)25-2)11-21(12-22)15-7-6-14-4-3-9-20-18(14)19(15)23/h3-10,12,23H,11H2,1-2H3. The Morgan fingerprint density at radius 1 is 1.12 bits per heavy atom. The highest BCUT2D eigenvalue weighted by molar-refractivity contribution is 5.93. The minimum Gasteiger partial charge on any atom is -0.504 e. The molecule has 0 spiro atoms. The highest BCUT2D eigenvalue weighted by Gasteiger charge is 2.15. The molecule has 1 N–H and O–H groups in total. The maximum absolute atomic E-state index is 11.6. The molecule has 2 aromatic carbocycles. The number of fused-ring (bicyclic) bond motifs is 1. The molecule has 128 valence electrons. The number of carbonyl (C=O) groups is 1. The van der Waals surface area contributed by atoms with Crippen LogP contribution in [0.3, 0.4) is 0 Å². The Balaban J connectivity index is 1.96. The highest BCUT2D eigenvalue weighted by Crippen LogP contribution is 2.35. The second-order valence-electron chi connectivity index (χ2n) is 5.43. The van der Waals surface area contributed by atoms with Crippen LogP contribution >= 0.6 is 0 Å². The van der Waals surface area contributed by atoms with Crippen LogP contribution in [-0.4, -0.2) is 30.7 Å². The molecular formula is C19H18N2O4. The largest absolute Gasteiger partial charge is 0.504 e. The van der Waals surface area contributed by atoms with E-state index in [0.29, 0.717) is 29.1 Å². The molecule has 3 rings (SSSR count). The Morgan fingerprint density at radius 2 is 1.92 bits per heavy atom. The summed E-state index contributed by atoms with van der Waals surface area (Å²) < 4.78 is 10.5. The lowest BCUT2D eigenvalue weighted by Gasteiger charge is -2.20. The first kappa shape index (κ1) is 16.6. The molecule has 1 amide bonds. The molecule has 0 fully saturated rings. The first-order chi connectivity index (χ1) is 12.2. The monoisotopic (exact) mass is 338 g/mol. The van der Waals surface area contributed by atoms with E-state index in [1.807, 2.05) is 18.2 Å². The Morgan fingerprint density at radius 3 is 2.64 bits per heavy atom. The van der Waals surface area contributed by atoms with Crippen molar-refractivity contribution in [3.63, 3.8) is 0 Å². The summed E-state index contributed by atoms with van der Waals surface area (Å²) in [4.78, 5) is 17.2. The van der Waals surface area contributed by atoms with Crippen LogP contribution in [0.25, 0.3) is 10.9 Å². The number of rotatable bonds is 6. The normalized spacial score (nSPS) is 10.5. The predicted octanol–water partition coefficient (Wildman–Crippen LogP) is 3.12. The Kier molecular flexibility index (Phi) is 4.70. The van der Waals surface area contributed by atoms with Crippen molar-refractivity contribution in [2.75, 3.05) is 19.1 Å². The van der Waals surface area contributed by atoms with Gasteiger partial charge in [-0.15, -0.1) is 0 Å². The number of ether oxygens (including phenoxy) is 2. The van der Waals surface area contributed by atoms with Crippen LogP contribution in [0.15, 0.2) is 48.7 Å². The van der Waals surface area contributed by atoms with E-state index in [0.717, 1.165) is 10.9 Å². The molecule has 0 radical (unpaired) electrons. The SMILES string of the molecule is COc1ccc(CN(C=O)c2ccc3cccnc3c2O)cc1OC. The maximum Gasteiger partial charge on any atom is 0.214 e. The van der Waals surface area contributed by atoms with Crippen LogP contribution < -0.4 is 14.4 Å². The molecular weight excluding hydrogens is 320 g/mol. The zero-order valence-corrected chi connectivity index (χ0v) is 14.0. The number of amides is 1. The van der Waals surface area contributed by atoms with Gasteiger partial charge in [-0.25, -0.2) is 0 Å². The molecule has 1 heterocycles. The summed E-state index contributed by atoms with van der Waals surface area (Å²) in [6, 6.07) is 12.6. The van der Waals surface area contributed by atoms with Crippen LogP contribution in [0.4, 0.5) is 5.69 Å². The predicted molar refractivity (Wildman–Crippen MR) is 95.2 cm³/mol. The van der Waals surface area contributed by atoms with E-state index in [2.05, 4.69) is 4.98 Å². The van der Waals surface area contributed by atoms with E-state index in [1.165, 1.54) is 4.90 Å². The molecule has 3 aromatic rings. The summed E-state index contributed by atoms with van der Waals surface area (Å²) in [6.45, 7) is 0.274. The fraction of sp³-hybridized carbons (Fsp3) is 0.158. The number of hydrogen-bond acceptors (Lipinski definition) is 5. The average molecular weight is 338 g/mol. The summed E-state index contributed by atoms with van der Waals surface area (Å²) in [6.07, 6.45) is 2.28. The number of aromatic hydroxyl groups is 1. The summed E-state index contributed by atoms with van der Waals surface area (Å²) in [5, 5.41) is 11.3. The third-order valence-electron chi connectivity index (χ3n) is 3.96. The van der Waals surface area contributed by atoms with Crippen molar-refractivity contribution in [2.45, 2.75) is 6.54 Å². The first-order valence-electron chi connectivity index (χ1n) is 7.67. The summed E-state index contributed by atoms with van der Waals surface area (Å²) >= 11 is 0. The number of benzene rings is 2. The van der Waals surface area contributed by atoms with Crippen molar-refractivity contribution >= 4 is 23.0 Å². The van der Waals surface area contributed by atoms with Gasteiger partial charge in [0.15, 0.2) is 17.2 Å². The lowest BCUT2D eigenvalue weighted by Crippen LogP contribution is -2.20. The van der Waals surface area contributed by atoms with Crippen molar-refractivity contribution in [3.8, 4) is 17.2 Å². The molecule has 6 nitrogen and oxygen atoms in total. The number of carbonyl (C=O) groups excluding carboxylic acids is 1. The fourth-order valence-electron chi connectivity index (χ4n) is 2.71. The summed E-state index contributed by atoms with van der Waals surface area (Å²) in [5.41, 5.74) is 1.69.